The van der Waals surface area contributed by atoms with Crippen LogP contribution in [0.25, 0.3) is 5.57 Å². The molecule has 140 valence electrons. The number of ether oxygens (including phenoxy) is 1. The SMILES string of the molecule is Cc1ccc(C2=C(Cl)C(=O)N(c3cccc(OC(F)(F)F)c3)C2=O)c(C)c1. The fraction of sp³-hybridized carbons (Fsp3) is 0.158. The lowest BCUT2D eigenvalue weighted by Crippen LogP contribution is -2.31. The predicted octanol–water partition coefficient (Wildman–Crippen LogP) is 4.73. The molecule has 1 heterocycles. The Bertz CT molecular complexity index is 982. The maximum Gasteiger partial charge on any atom is 0.573 e. The first-order valence-corrected chi connectivity index (χ1v) is 8.18. The molecule has 0 aromatic heterocycles. The van der Waals surface area contributed by atoms with E-state index in [2.05, 4.69) is 4.74 Å². The Balaban J connectivity index is 2.00. The first-order chi connectivity index (χ1) is 12.6. The number of halogens is 4. The first kappa shape index (κ1) is 19.0. The topological polar surface area (TPSA) is 46.6 Å². The first-order valence-electron chi connectivity index (χ1n) is 7.80. The molecule has 0 N–H and O–H groups in total. The lowest BCUT2D eigenvalue weighted by Gasteiger charge is -2.17. The number of benzene rings is 2. The third-order valence-electron chi connectivity index (χ3n) is 3.99. The summed E-state index contributed by atoms with van der Waals surface area (Å²) in [5.41, 5.74) is 2.17. The van der Waals surface area contributed by atoms with Gasteiger partial charge in [-0.05, 0) is 37.1 Å². The summed E-state index contributed by atoms with van der Waals surface area (Å²) in [6.07, 6.45) is -4.89. The van der Waals surface area contributed by atoms with Crippen LogP contribution in [-0.4, -0.2) is 18.2 Å². The quantitative estimate of drug-likeness (QED) is 0.706. The summed E-state index contributed by atoms with van der Waals surface area (Å²) in [6.45, 7) is 3.66. The molecule has 0 fully saturated rings. The van der Waals surface area contributed by atoms with Gasteiger partial charge >= 0.3 is 6.36 Å². The van der Waals surface area contributed by atoms with Crippen LogP contribution in [0.3, 0.4) is 0 Å². The molecule has 2 aromatic rings. The zero-order valence-corrected chi connectivity index (χ0v) is 15.0. The van der Waals surface area contributed by atoms with Crippen molar-refractivity contribution < 1.29 is 27.5 Å². The molecule has 0 spiro atoms. The highest BCUT2D eigenvalue weighted by molar-refractivity contribution is 6.60. The molecule has 0 atom stereocenters. The molecule has 0 bridgehead atoms. The maximum absolute atomic E-state index is 12.9. The van der Waals surface area contributed by atoms with Gasteiger partial charge in [0.2, 0.25) is 0 Å². The van der Waals surface area contributed by atoms with E-state index >= 15 is 0 Å². The Morgan fingerprint density at radius 1 is 1.00 bits per heavy atom. The van der Waals surface area contributed by atoms with Crippen LogP contribution >= 0.6 is 11.6 Å². The van der Waals surface area contributed by atoms with Crippen molar-refractivity contribution in [1.82, 2.24) is 0 Å². The molecule has 3 rings (SSSR count). The van der Waals surface area contributed by atoms with Gasteiger partial charge in [-0.3, -0.25) is 9.59 Å². The molecule has 2 amide bonds. The Morgan fingerprint density at radius 2 is 1.70 bits per heavy atom. The van der Waals surface area contributed by atoms with Crippen molar-refractivity contribution >= 4 is 34.7 Å². The van der Waals surface area contributed by atoms with E-state index in [1.165, 1.54) is 12.1 Å². The van der Waals surface area contributed by atoms with Gasteiger partial charge in [0.1, 0.15) is 10.8 Å². The van der Waals surface area contributed by atoms with Gasteiger partial charge < -0.3 is 4.74 Å². The van der Waals surface area contributed by atoms with Gasteiger partial charge in [0, 0.05) is 6.07 Å². The lowest BCUT2D eigenvalue weighted by molar-refractivity contribution is -0.274. The summed E-state index contributed by atoms with van der Waals surface area (Å²) in [5.74, 6) is -2.06. The molecule has 0 saturated carbocycles. The highest BCUT2D eigenvalue weighted by atomic mass is 35.5. The van der Waals surface area contributed by atoms with E-state index in [4.69, 9.17) is 11.6 Å². The number of nitrogens with zero attached hydrogens (tertiary/aromatic N) is 1. The molecule has 1 aliphatic rings. The van der Waals surface area contributed by atoms with E-state index in [-0.39, 0.29) is 16.3 Å². The summed E-state index contributed by atoms with van der Waals surface area (Å²) in [4.78, 5) is 26.1. The van der Waals surface area contributed by atoms with E-state index < -0.39 is 23.9 Å². The highest BCUT2D eigenvalue weighted by Crippen LogP contribution is 2.37. The van der Waals surface area contributed by atoms with Crippen LogP contribution in [0.2, 0.25) is 0 Å². The maximum atomic E-state index is 12.9. The third-order valence-corrected chi connectivity index (χ3v) is 4.34. The molecule has 27 heavy (non-hydrogen) atoms. The largest absolute Gasteiger partial charge is 0.573 e. The van der Waals surface area contributed by atoms with Gasteiger partial charge in [-0.1, -0.05) is 41.4 Å². The number of aryl methyl sites for hydroxylation is 2. The lowest BCUT2D eigenvalue weighted by atomic mass is 9.99. The van der Waals surface area contributed by atoms with Gasteiger partial charge in [0.25, 0.3) is 11.8 Å². The van der Waals surface area contributed by atoms with Crippen LogP contribution in [0.4, 0.5) is 18.9 Å². The van der Waals surface area contributed by atoms with Crippen molar-refractivity contribution in [1.29, 1.82) is 0 Å². The average molecular weight is 396 g/mol. The summed E-state index contributed by atoms with van der Waals surface area (Å²) in [6, 6.07) is 9.90. The predicted molar refractivity (Wildman–Crippen MR) is 94.3 cm³/mol. The summed E-state index contributed by atoms with van der Waals surface area (Å²) in [5, 5.41) is -0.283. The fourth-order valence-corrected chi connectivity index (χ4v) is 3.15. The number of rotatable bonds is 3. The Kier molecular flexibility index (Phi) is 4.73. The highest BCUT2D eigenvalue weighted by Gasteiger charge is 2.40. The Labute approximate surface area is 157 Å². The van der Waals surface area contributed by atoms with Gasteiger partial charge in [0.05, 0.1) is 11.3 Å². The standard InChI is InChI=1S/C19H13ClF3NO3/c1-10-6-7-14(11(2)8-10)15-16(20)18(26)24(17(15)25)12-4-3-5-13(9-12)27-19(21,22)23/h3-9H,1-2H3. The van der Waals surface area contributed by atoms with Crippen molar-refractivity contribution in [2.45, 2.75) is 20.2 Å². The van der Waals surface area contributed by atoms with E-state index in [9.17, 15) is 22.8 Å². The summed E-state index contributed by atoms with van der Waals surface area (Å²) < 4.78 is 41.1. The van der Waals surface area contributed by atoms with Crippen LogP contribution in [0.15, 0.2) is 47.5 Å². The minimum Gasteiger partial charge on any atom is -0.406 e. The van der Waals surface area contributed by atoms with Gasteiger partial charge in [-0.15, -0.1) is 13.2 Å². The summed E-state index contributed by atoms with van der Waals surface area (Å²) >= 11 is 6.12. The zero-order valence-electron chi connectivity index (χ0n) is 14.2. The van der Waals surface area contributed by atoms with E-state index in [1.54, 1.807) is 19.1 Å². The number of amides is 2. The third kappa shape index (κ3) is 3.68. The van der Waals surface area contributed by atoms with Crippen LogP contribution in [-0.2, 0) is 9.59 Å². The molecule has 0 saturated heterocycles. The number of hydrogen-bond acceptors (Lipinski definition) is 3. The van der Waals surface area contributed by atoms with Crippen molar-refractivity contribution in [3.63, 3.8) is 0 Å². The summed E-state index contributed by atoms with van der Waals surface area (Å²) in [7, 11) is 0. The second-order valence-corrected chi connectivity index (χ2v) is 6.38. The molecular weight excluding hydrogens is 383 g/mol. The smallest absolute Gasteiger partial charge is 0.406 e. The van der Waals surface area contributed by atoms with E-state index in [0.717, 1.165) is 28.2 Å². The van der Waals surface area contributed by atoms with Crippen LogP contribution in [0.1, 0.15) is 16.7 Å². The van der Waals surface area contributed by atoms with Crippen LogP contribution in [0.5, 0.6) is 5.75 Å². The zero-order chi connectivity index (χ0) is 19.9. The number of anilines is 1. The van der Waals surface area contributed by atoms with Crippen molar-refractivity contribution in [3.8, 4) is 5.75 Å². The molecule has 0 radical (unpaired) electrons. The van der Waals surface area contributed by atoms with Crippen molar-refractivity contribution in [3.05, 3.63) is 64.2 Å². The number of hydrogen-bond donors (Lipinski definition) is 0. The van der Waals surface area contributed by atoms with Gasteiger partial charge in [-0.2, -0.15) is 0 Å². The molecule has 1 aliphatic heterocycles. The number of carbonyl (C=O) groups is 2. The van der Waals surface area contributed by atoms with Crippen LogP contribution < -0.4 is 9.64 Å². The van der Waals surface area contributed by atoms with E-state index in [1.807, 2.05) is 13.0 Å². The molecular formula is C19H13ClF3NO3. The second kappa shape index (κ2) is 6.74. The fourth-order valence-electron chi connectivity index (χ4n) is 2.88. The molecule has 4 nitrogen and oxygen atoms in total. The normalized spacial score (nSPS) is 15.0. The Hall–Kier alpha value is -2.80. The van der Waals surface area contributed by atoms with Gasteiger partial charge in [-0.25, -0.2) is 4.90 Å². The molecule has 0 unspecified atom stereocenters. The minimum atomic E-state index is -4.89. The molecule has 2 aromatic carbocycles. The minimum absolute atomic E-state index is 0.0151. The molecule has 8 heteroatoms. The number of imide groups is 1. The van der Waals surface area contributed by atoms with Crippen LogP contribution in [0, 0.1) is 13.8 Å². The number of alkyl halides is 3. The molecule has 0 aliphatic carbocycles. The van der Waals surface area contributed by atoms with Gasteiger partial charge in [0.15, 0.2) is 0 Å². The monoisotopic (exact) mass is 395 g/mol. The second-order valence-electron chi connectivity index (χ2n) is 6.00. The number of carbonyl (C=O) groups excluding carboxylic acids is 2. The van der Waals surface area contributed by atoms with Crippen molar-refractivity contribution in [2.24, 2.45) is 0 Å². The Morgan fingerprint density at radius 3 is 2.33 bits per heavy atom. The average Bonchev–Trinajstić information content (AvgIpc) is 2.76. The van der Waals surface area contributed by atoms with E-state index in [0.29, 0.717) is 5.56 Å². The van der Waals surface area contributed by atoms with Crippen molar-refractivity contribution in [2.75, 3.05) is 4.90 Å².